The van der Waals surface area contributed by atoms with E-state index >= 15 is 0 Å². The first kappa shape index (κ1) is 19.7. The third kappa shape index (κ3) is 4.26. The Bertz CT molecular complexity index is 864. The first-order valence-corrected chi connectivity index (χ1v) is 10.1. The summed E-state index contributed by atoms with van der Waals surface area (Å²) in [5.41, 5.74) is 0. The lowest BCUT2D eigenvalue weighted by Crippen LogP contribution is -2.36. The Morgan fingerprint density at radius 2 is 1.89 bits per heavy atom. The predicted molar refractivity (Wildman–Crippen MR) is 96.9 cm³/mol. The highest BCUT2D eigenvalue weighted by Gasteiger charge is 2.29. The van der Waals surface area contributed by atoms with Crippen LogP contribution in [0.3, 0.4) is 0 Å². The molecule has 0 saturated carbocycles. The third-order valence-electron chi connectivity index (χ3n) is 4.65. The Balaban J connectivity index is 1.83. The van der Waals surface area contributed by atoms with E-state index in [1.807, 2.05) is 6.07 Å². The summed E-state index contributed by atoms with van der Waals surface area (Å²) in [7, 11) is -1.38. The lowest BCUT2D eigenvalue weighted by molar-refractivity contribution is 0.216. The Morgan fingerprint density at radius 3 is 2.48 bits per heavy atom. The Labute approximate surface area is 158 Å². The average Bonchev–Trinajstić information content (AvgIpc) is 3.35. The van der Waals surface area contributed by atoms with Crippen LogP contribution in [0.25, 0.3) is 0 Å². The van der Waals surface area contributed by atoms with Gasteiger partial charge in [-0.05, 0) is 38.1 Å². The smallest absolute Gasteiger partial charge is 0.243 e. The van der Waals surface area contributed by atoms with E-state index < -0.39 is 20.7 Å². The second-order valence-corrected chi connectivity index (χ2v) is 8.00. The van der Waals surface area contributed by atoms with Gasteiger partial charge in [-0.1, -0.05) is 0 Å². The molecule has 1 N–H and O–H groups in total. The van der Waals surface area contributed by atoms with Crippen molar-refractivity contribution in [1.82, 2.24) is 9.62 Å². The van der Waals surface area contributed by atoms with Crippen molar-refractivity contribution in [3.05, 3.63) is 42.1 Å². The largest absolute Gasteiger partial charge is 0.493 e. The van der Waals surface area contributed by atoms with E-state index in [9.17, 15) is 12.8 Å². The van der Waals surface area contributed by atoms with Gasteiger partial charge in [0.25, 0.3) is 0 Å². The molecule has 1 aliphatic heterocycles. The summed E-state index contributed by atoms with van der Waals surface area (Å²) in [6, 6.07) is 5.45. The highest BCUT2D eigenvalue weighted by atomic mass is 32.2. The van der Waals surface area contributed by atoms with E-state index in [2.05, 4.69) is 9.62 Å². The summed E-state index contributed by atoms with van der Waals surface area (Å²) in [6.07, 6.45) is 3.66. The topological polar surface area (TPSA) is 81.0 Å². The molecule has 0 unspecified atom stereocenters. The molecule has 2 heterocycles. The fraction of sp³-hybridized carbons (Fsp3) is 0.444. The zero-order valence-corrected chi connectivity index (χ0v) is 16.1. The molecule has 3 rings (SSSR count). The molecule has 2 aromatic rings. The van der Waals surface area contributed by atoms with Gasteiger partial charge >= 0.3 is 0 Å². The zero-order valence-electron chi connectivity index (χ0n) is 15.3. The Morgan fingerprint density at radius 1 is 1.22 bits per heavy atom. The van der Waals surface area contributed by atoms with E-state index in [0.29, 0.717) is 5.76 Å². The van der Waals surface area contributed by atoms with Gasteiger partial charge in [-0.15, -0.1) is 0 Å². The normalized spacial score (nSPS) is 16.4. The average molecular weight is 398 g/mol. The quantitative estimate of drug-likeness (QED) is 0.736. The number of rotatable bonds is 8. The summed E-state index contributed by atoms with van der Waals surface area (Å²) in [5, 5.41) is 0. The van der Waals surface area contributed by atoms with Gasteiger partial charge in [0.1, 0.15) is 16.5 Å². The van der Waals surface area contributed by atoms with Crippen LogP contribution < -0.4 is 14.2 Å². The van der Waals surface area contributed by atoms with Gasteiger partial charge < -0.3 is 13.9 Å². The van der Waals surface area contributed by atoms with E-state index in [1.165, 1.54) is 14.2 Å². The molecule has 27 heavy (non-hydrogen) atoms. The van der Waals surface area contributed by atoms with Gasteiger partial charge in [0, 0.05) is 18.7 Å². The van der Waals surface area contributed by atoms with Crippen LogP contribution in [-0.2, 0) is 10.0 Å². The molecule has 148 valence electrons. The van der Waals surface area contributed by atoms with Crippen LogP contribution in [0, 0.1) is 5.82 Å². The van der Waals surface area contributed by atoms with Crippen molar-refractivity contribution in [2.45, 2.75) is 23.8 Å². The SMILES string of the molecule is COc1cc(F)c(S(=O)(=O)NC[C@H](c2ccco2)N2CCCC2)cc1OC. The lowest BCUT2D eigenvalue weighted by Gasteiger charge is -2.26. The molecule has 7 nitrogen and oxygen atoms in total. The summed E-state index contributed by atoms with van der Waals surface area (Å²) in [4.78, 5) is 1.67. The molecule has 1 fully saturated rings. The fourth-order valence-electron chi connectivity index (χ4n) is 3.25. The lowest BCUT2D eigenvalue weighted by atomic mass is 10.2. The molecule has 9 heteroatoms. The van der Waals surface area contributed by atoms with Crippen LogP contribution in [0.1, 0.15) is 24.6 Å². The molecule has 1 saturated heterocycles. The third-order valence-corrected chi connectivity index (χ3v) is 6.09. The number of nitrogens with one attached hydrogen (secondary N) is 1. The molecule has 0 radical (unpaired) electrons. The number of sulfonamides is 1. The zero-order chi connectivity index (χ0) is 19.4. The predicted octanol–water partition coefficient (Wildman–Crippen LogP) is 2.55. The summed E-state index contributed by atoms with van der Waals surface area (Å²) in [6.45, 7) is 1.79. The van der Waals surface area contributed by atoms with E-state index in [0.717, 1.165) is 38.1 Å². The Hall–Kier alpha value is -2.10. The molecule has 1 aromatic heterocycles. The molecule has 1 atom stereocenters. The summed E-state index contributed by atoms with van der Waals surface area (Å²) < 4.78 is 57.9. The monoisotopic (exact) mass is 398 g/mol. The second kappa shape index (κ2) is 8.28. The standard InChI is InChI=1S/C18H23FN2O5S/c1-24-16-10-13(19)18(11-17(16)25-2)27(22,23)20-12-14(15-6-5-9-26-15)21-7-3-4-8-21/h5-6,9-11,14,20H,3-4,7-8,12H2,1-2H3/t14-/m1/s1. The minimum absolute atomic E-state index is 0.0730. The highest BCUT2D eigenvalue weighted by Crippen LogP contribution is 2.32. The summed E-state index contributed by atoms with van der Waals surface area (Å²) in [5.74, 6) is 0.0316. The van der Waals surface area contributed by atoms with Gasteiger partial charge in [-0.2, -0.15) is 0 Å². The number of hydrogen-bond donors (Lipinski definition) is 1. The number of nitrogens with zero attached hydrogens (tertiary/aromatic N) is 1. The van der Waals surface area contributed by atoms with Gasteiger partial charge in [-0.3, -0.25) is 4.90 Å². The molecule has 0 spiro atoms. The first-order valence-electron chi connectivity index (χ1n) is 8.65. The number of likely N-dealkylation sites (tertiary alicyclic amines) is 1. The van der Waals surface area contributed by atoms with Crippen molar-refractivity contribution in [2.75, 3.05) is 33.9 Å². The van der Waals surface area contributed by atoms with Crippen molar-refractivity contribution >= 4 is 10.0 Å². The van der Waals surface area contributed by atoms with E-state index in [4.69, 9.17) is 13.9 Å². The van der Waals surface area contributed by atoms with Gasteiger partial charge in [0.2, 0.25) is 10.0 Å². The molecular weight excluding hydrogens is 375 g/mol. The van der Waals surface area contributed by atoms with Crippen molar-refractivity contribution < 1.29 is 26.7 Å². The Kier molecular flexibility index (Phi) is 6.03. The highest BCUT2D eigenvalue weighted by molar-refractivity contribution is 7.89. The molecule has 1 aromatic carbocycles. The minimum atomic E-state index is -4.09. The van der Waals surface area contributed by atoms with Crippen molar-refractivity contribution in [3.63, 3.8) is 0 Å². The number of furan rings is 1. The van der Waals surface area contributed by atoms with Crippen LogP contribution in [-0.4, -0.2) is 47.2 Å². The number of benzene rings is 1. The van der Waals surface area contributed by atoms with E-state index in [1.54, 1.807) is 12.3 Å². The number of hydrogen-bond acceptors (Lipinski definition) is 6. The maximum absolute atomic E-state index is 14.4. The van der Waals surface area contributed by atoms with Crippen molar-refractivity contribution in [3.8, 4) is 11.5 Å². The first-order chi connectivity index (χ1) is 13.0. The summed E-state index contributed by atoms with van der Waals surface area (Å²) >= 11 is 0. The van der Waals surface area contributed by atoms with Gasteiger partial charge in [0.05, 0.1) is 26.5 Å². The van der Waals surface area contributed by atoms with E-state index in [-0.39, 0.29) is 24.1 Å². The fourth-order valence-corrected chi connectivity index (χ4v) is 4.36. The second-order valence-electron chi connectivity index (χ2n) is 6.26. The molecule has 0 bridgehead atoms. The van der Waals surface area contributed by atoms with Crippen LogP contribution in [0.15, 0.2) is 39.8 Å². The van der Waals surface area contributed by atoms with Crippen LogP contribution in [0.5, 0.6) is 11.5 Å². The number of ether oxygens (including phenoxy) is 2. The van der Waals surface area contributed by atoms with Crippen molar-refractivity contribution in [1.29, 1.82) is 0 Å². The van der Waals surface area contributed by atoms with Crippen LogP contribution in [0.4, 0.5) is 4.39 Å². The van der Waals surface area contributed by atoms with Crippen LogP contribution in [0.2, 0.25) is 0 Å². The molecule has 0 amide bonds. The van der Waals surface area contributed by atoms with Gasteiger partial charge in [-0.25, -0.2) is 17.5 Å². The maximum Gasteiger partial charge on any atom is 0.243 e. The number of halogens is 1. The van der Waals surface area contributed by atoms with Gasteiger partial charge in [0.15, 0.2) is 11.5 Å². The van der Waals surface area contributed by atoms with Crippen LogP contribution >= 0.6 is 0 Å². The molecule has 1 aliphatic rings. The maximum atomic E-state index is 14.4. The minimum Gasteiger partial charge on any atom is -0.493 e. The molecule has 0 aliphatic carbocycles. The molecular formula is C18H23FN2O5S. The van der Waals surface area contributed by atoms with Crippen molar-refractivity contribution in [2.24, 2.45) is 0 Å². The number of methoxy groups -OCH3 is 2.